The average molecular weight is 621 g/mol. The number of halogens is 2. The molecule has 3 aromatic rings. The van der Waals surface area contributed by atoms with Gasteiger partial charge < -0.3 is 15.0 Å². The van der Waals surface area contributed by atoms with Gasteiger partial charge >= 0.3 is 0 Å². The van der Waals surface area contributed by atoms with Gasteiger partial charge in [0.05, 0.1) is 19.1 Å². The summed E-state index contributed by atoms with van der Waals surface area (Å²) in [7, 11) is -2.52. The Morgan fingerprint density at radius 1 is 0.951 bits per heavy atom. The Morgan fingerprint density at radius 2 is 1.56 bits per heavy atom. The third-order valence-electron chi connectivity index (χ3n) is 6.70. The van der Waals surface area contributed by atoms with Crippen molar-refractivity contribution in [3.63, 3.8) is 0 Å². The maximum absolute atomic E-state index is 14.2. The molecule has 0 aromatic heterocycles. The van der Waals surface area contributed by atoms with Gasteiger partial charge in [-0.3, -0.25) is 13.9 Å². The molecule has 8 nitrogen and oxygen atoms in total. The minimum absolute atomic E-state index is 0.119. The fourth-order valence-electron chi connectivity index (χ4n) is 4.28. The summed E-state index contributed by atoms with van der Waals surface area (Å²) in [5, 5.41) is 3.62. The summed E-state index contributed by atoms with van der Waals surface area (Å²) < 4.78 is 32.3. The maximum atomic E-state index is 14.2. The Bertz CT molecular complexity index is 1430. The molecule has 2 atom stereocenters. The second kappa shape index (κ2) is 14.6. The molecule has 0 aliphatic carbocycles. The highest BCUT2D eigenvalue weighted by atomic mass is 35.5. The third kappa shape index (κ3) is 8.61. The van der Waals surface area contributed by atoms with E-state index in [0.29, 0.717) is 22.0 Å². The number of hydrogen-bond acceptors (Lipinski definition) is 5. The Balaban J connectivity index is 2.13. The third-order valence-corrected chi connectivity index (χ3v) is 8.53. The van der Waals surface area contributed by atoms with E-state index in [9.17, 15) is 18.0 Å². The molecule has 0 radical (unpaired) electrons. The van der Waals surface area contributed by atoms with Gasteiger partial charge in [-0.1, -0.05) is 78.7 Å². The molecule has 3 rings (SSSR count). The topological polar surface area (TPSA) is 96.0 Å². The largest absolute Gasteiger partial charge is 0.495 e. The molecule has 0 bridgehead atoms. The van der Waals surface area contributed by atoms with E-state index in [2.05, 4.69) is 5.32 Å². The number of carbonyl (C=O) groups excluding carboxylic acids is 2. The highest BCUT2D eigenvalue weighted by Crippen LogP contribution is 2.31. The number of benzene rings is 3. The summed E-state index contributed by atoms with van der Waals surface area (Å²) in [6, 6.07) is 19.6. The first-order valence-electron chi connectivity index (χ1n) is 13.1. The van der Waals surface area contributed by atoms with E-state index in [1.54, 1.807) is 42.5 Å². The van der Waals surface area contributed by atoms with Gasteiger partial charge in [-0.2, -0.15) is 0 Å². The molecular formula is C30H35Cl2N3O5S. The molecular weight excluding hydrogens is 585 g/mol. The number of anilines is 1. The van der Waals surface area contributed by atoms with Crippen LogP contribution in [0.3, 0.4) is 0 Å². The Kier molecular flexibility index (Phi) is 11.5. The second-order valence-electron chi connectivity index (χ2n) is 9.69. The summed E-state index contributed by atoms with van der Waals surface area (Å²) in [6.07, 6.45) is 1.88. The first kappa shape index (κ1) is 32.2. The van der Waals surface area contributed by atoms with Gasteiger partial charge in [0.1, 0.15) is 18.3 Å². The van der Waals surface area contributed by atoms with E-state index in [1.807, 2.05) is 44.2 Å². The van der Waals surface area contributed by atoms with Crippen LogP contribution in [0.4, 0.5) is 5.69 Å². The molecule has 0 heterocycles. The first-order chi connectivity index (χ1) is 19.5. The van der Waals surface area contributed by atoms with Gasteiger partial charge in [0.2, 0.25) is 21.8 Å². The zero-order valence-corrected chi connectivity index (χ0v) is 25.8. The number of nitrogens with zero attached hydrogens (tertiary/aromatic N) is 2. The van der Waals surface area contributed by atoms with Crippen LogP contribution < -0.4 is 14.4 Å². The second-order valence-corrected chi connectivity index (χ2v) is 12.4. The molecule has 0 aliphatic heterocycles. The first-order valence-corrected chi connectivity index (χ1v) is 15.7. The molecule has 0 aliphatic rings. The number of methoxy groups -OCH3 is 1. The highest BCUT2D eigenvalue weighted by Gasteiger charge is 2.34. The van der Waals surface area contributed by atoms with Crippen molar-refractivity contribution in [1.29, 1.82) is 0 Å². The number of ether oxygens (including phenoxy) is 1. The minimum atomic E-state index is -3.94. The quantitative estimate of drug-likeness (QED) is 0.279. The van der Waals surface area contributed by atoms with Gasteiger partial charge in [-0.05, 0) is 43.2 Å². The number of carbonyl (C=O) groups is 2. The fourth-order valence-corrected chi connectivity index (χ4v) is 5.65. The average Bonchev–Trinajstić information content (AvgIpc) is 2.94. The lowest BCUT2D eigenvalue weighted by Crippen LogP contribution is -2.54. The molecule has 1 N–H and O–H groups in total. The van der Waals surface area contributed by atoms with Crippen molar-refractivity contribution in [2.75, 3.05) is 24.2 Å². The van der Waals surface area contributed by atoms with Crippen LogP contribution in [0.15, 0.2) is 72.8 Å². The molecule has 0 spiro atoms. The van der Waals surface area contributed by atoms with E-state index >= 15 is 0 Å². The van der Waals surface area contributed by atoms with Gasteiger partial charge in [0.15, 0.2) is 0 Å². The van der Waals surface area contributed by atoms with Crippen molar-refractivity contribution in [2.24, 2.45) is 0 Å². The molecule has 0 saturated heterocycles. The van der Waals surface area contributed by atoms with E-state index in [0.717, 1.165) is 16.1 Å². The van der Waals surface area contributed by atoms with Crippen LogP contribution in [-0.4, -0.2) is 57.1 Å². The Labute approximate surface area is 252 Å². The van der Waals surface area contributed by atoms with E-state index < -0.39 is 28.5 Å². The van der Waals surface area contributed by atoms with Gasteiger partial charge in [0.25, 0.3) is 0 Å². The molecule has 3 aromatic carbocycles. The van der Waals surface area contributed by atoms with Crippen LogP contribution in [0.1, 0.15) is 31.4 Å². The van der Waals surface area contributed by atoms with Gasteiger partial charge in [-0.25, -0.2) is 8.42 Å². The summed E-state index contributed by atoms with van der Waals surface area (Å²) in [5.74, 6) is -0.706. The van der Waals surface area contributed by atoms with Crippen molar-refractivity contribution in [1.82, 2.24) is 10.2 Å². The van der Waals surface area contributed by atoms with Crippen LogP contribution >= 0.6 is 23.2 Å². The number of rotatable bonds is 13. The SMILES string of the molecule is CCC(C)NC(=O)C(Cc1ccccc1)N(Cc1c(Cl)cccc1Cl)C(=O)CN(c1ccccc1OC)S(C)(=O)=O. The van der Waals surface area contributed by atoms with Crippen LogP contribution in [-0.2, 0) is 32.6 Å². The smallest absolute Gasteiger partial charge is 0.244 e. The van der Waals surface area contributed by atoms with Crippen molar-refractivity contribution in [3.05, 3.63) is 94.0 Å². The summed E-state index contributed by atoms with van der Waals surface area (Å²) in [6.45, 7) is 3.12. The molecule has 2 amide bonds. The van der Waals surface area contributed by atoms with E-state index in [4.69, 9.17) is 27.9 Å². The summed E-state index contributed by atoms with van der Waals surface area (Å²) >= 11 is 13.0. The van der Waals surface area contributed by atoms with Gasteiger partial charge in [-0.15, -0.1) is 0 Å². The maximum Gasteiger partial charge on any atom is 0.244 e. The van der Waals surface area contributed by atoms with E-state index in [1.165, 1.54) is 12.0 Å². The molecule has 2 unspecified atom stereocenters. The monoisotopic (exact) mass is 619 g/mol. The zero-order valence-electron chi connectivity index (χ0n) is 23.5. The van der Waals surface area contributed by atoms with Crippen LogP contribution in [0.5, 0.6) is 5.75 Å². The molecule has 41 heavy (non-hydrogen) atoms. The number of para-hydroxylation sites is 2. The molecule has 0 fully saturated rings. The molecule has 11 heteroatoms. The van der Waals surface area contributed by atoms with Crippen LogP contribution in [0, 0.1) is 0 Å². The summed E-state index contributed by atoms with van der Waals surface area (Å²) in [4.78, 5) is 29.3. The standard InChI is InChI=1S/C30H35Cl2N3O5S/c1-5-21(2)33-30(37)27(18-22-12-7-6-8-13-22)34(19-23-24(31)14-11-15-25(23)32)29(36)20-35(41(4,38)39)26-16-9-10-17-28(26)40-3/h6-17,21,27H,5,18-20H2,1-4H3,(H,33,37). The van der Waals surface area contributed by atoms with E-state index in [-0.39, 0.29) is 36.4 Å². The predicted molar refractivity (Wildman–Crippen MR) is 164 cm³/mol. The van der Waals surface area contributed by atoms with Crippen molar-refractivity contribution >= 4 is 50.7 Å². The number of hydrogen-bond donors (Lipinski definition) is 1. The molecule has 0 saturated carbocycles. The Morgan fingerprint density at radius 3 is 2.15 bits per heavy atom. The van der Waals surface area contributed by atoms with Crippen LogP contribution in [0.25, 0.3) is 0 Å². The highest BCUT2D eigenvalue weighted by molar-refractivity contribution is 7.92. The van der Waals surface area contributed by atoms with Crippen molar-refractivity contribution < 1.29 is 22.7 Å². The lowest BCUT2D eigenvalue weighted by Gasteiger charge is -2.34. The number of nitrogens with one attached hydrogen (secondary N) is 1. The van der Waals surface area contributed by atoms with Crippen molar-refractivity contribution in [2.45, 2.75) is 45.3 Å². The molecule has 220 valence electrons. The minimum Gasteiger partial charge on any atom is -0.495 e. The van der Waals surface area contributed by atoms with Gasteiger partial charge in [0, 0.05) is 34.6 Å². The van der Waals surface area contributed by atoms with Crippen molar-refractivity contribution in [3.8, 4) is 5.75 Å². The number of sulfonamides is 1. The Hall–Kier alpha value is -3.27. The lowest BCUT2D eigenvalue weighted by atomic mass is 10.0. The number of amides is 2. The predicted octanol–water partition coefficient (Wildman–Crippen LogP) is 5.32. The summed E-state index contributed by atoms with van der Waals surface area (Å²) in [5.41, 5.74) is 1.47. The normalized spacial score (nSPS) is 12.7. The lowest BCUT2D eigenvalue weighted by molar-refractivity contribution is -0.140. The fraction of sp³-hybridized carbons (Fsp3) is 0.333. The van der Waals surface area contributed by atoms with Crippen LogP contribution in [0.2, 0.25) is 10.0 Å². The zero-order chi connectivity index (χ0) is 30.2.